The second-order valence-electron chi connectivity index (χ2n) is 12.8. The van der Waals surface area contributed by atoms with Crippen molar-refractivity contribution < 1.29 is 4.74 Å². The van der Waals surface area contributed by atoms with Gasteiger partial charge in [0.25, 0.3) is 0 Å². The van der Waals surface area contributed by atoms with E-state index in [-0.39, 0.29) is 21.7 Å². The van der Waals surface area contributed by atoms with Crippen molar-refractivity contribution in [3.8, 4) is 5.75 Å². The molecule has 0 aliphatic carbocycles. The van der Waals surface area contributed by atoms with E-state index in [1.54, 1.807) is 0 Å². The Labute approximate surface area is 186 Å². The van der Waals surface area contributed by atoms with E-state index < -0.39 is 0 Å². The summed E-state index contributed by atoms with van der Waals surface area (Å²) >= 11 is 0. The van der Waals surface area contributed by atoms with Gasteiger partial charge in [-0.1, -0.05) is 113 Å². The van der Waals surface area contributed by atoms with E-state index in [1.165, 1.54) is 27.8 Å². The highest BCUT2D eigenvalue weighted by Crippen LogP contribution is 2.41. The van der Waals surface area contributed by atoms with E-state index in [1.807, 2.05) is 0 Å². The van der Waals surface area contributed by atoms with Crippen LogP contribution in [0.25, 0.3) is 0 Å². The number of rotatable bonds is 3. The highest BCUT2D eigenvalue weighted by atomic mass is 16.5. The van der Waals surface area contributed by atoms with Crippen molar-refractivity contribution in [1.29, 1.82) is 0 Å². The zero-order valence-corrected chi connectivity index (χ0v) is 21.6. The minimum Gasteiger partial charge on any atom is -0.489 e. The van der Waals surface area contributed by atoms with Crippen LogP contribution in [0, 0.1) is 0 Å². The number of hydrogen-bond acceptors (Lipinski definition) is 1. The van der Waals surface area contributed by atoms with Crippen LogP contribution >= 0.6 is 0 Å². The molecule has 0 fully saturated rings. The number of ether oxygens (including phenoxy) is 1. The Balaban J connectivity index is 2.56. The zero-order valence-electron chi connectivity index (χ0n) is 21.6. The van der Waals surface area contributed by atoms with E-state index in [0.717, 1.165) is 5.75 Å². The SMILES string of the molecule is CC(C)(C)c1cccc(COc2cccc(C(C)(C)C)c2C(C)(C)C)c1C(C)(C)C. The molecule has 0 saturated heterocycles. The molecule has 2 aromatic carbocycles. The molecule has 0 spiro atoms. The lowest BCUT2D eigenvalue weighted by Gasteiger charge is -2.33. The third-order valence-corrected chi connectivity index (χ3v) is 5.68. The quantitative estimate of drug-likeness (QED) is 0.495. The van der Waals surface area contributed by atoms with Gasteiger partial charge in [0.1, 0.15) is 12.4 Å². The fourth-order valence-corrected chi connectivity index (χ4v) is 4.44. The van der Waals surface area contributed by atoms with Crippen LogP contribution < -0.4 is 4.74 Å². The third-order valence-electron chi connectivity index (χ3n) is 5.68. The van der Waals surface area contributed by atoms with Crippen LogP contribution in [-0.2, 0) is 28.3 Å². The Hall–Kier alpha value is -1.76. The Morgan fingerprint density at radius 1 is 0.533 bits per heavy atom. The highest BCUT2D eigenvalue weighted by Gasteiger charge is 2.30. The molecule has 0 amide bonds. The van der Waals surface area contributed by atoms with Crippen LogP contribution in [0.15, 0.2) is 36.4 Å². The number of hydrogen-bond donors (Lipinski definition) is 0. The lowest BCUT2D eigenvalue weighted by molar-refractivity contribution is 0.292. The molecule has 0 aliphatic rings. The molecule has 0 saturated carbocycles. The third kappa shape index (κ3) is 5.48. The van der Waals surface area contributed by atoms with Gasteiger partial charge in [-0.3, -0.25) is 0 Å². The van der Waals surface area contributed by atoms with Crippen molar-refractivity contribution in [3.63, 3.8) is 0 Å². The Bertz CT molecular complexity index is 799. The first-order chi connectivity index (χ1) is 13.4. The summed E-state index contributed by atoms with van der Waals surface area (Å²) in [6, 6.07) is 13.2. The predicted molar refractivity (Wildman–Crippen MR) is 132 cm³/mol. The molecule has 1 heteroatoms. The van der Waals surface area contributed by atoms with Gasteiger partial charge in [0, 0.05) is 5.56 Å². The van der Waals surface area contributed by atoms with Gasteiger partial charge < -0.3 is 4.74 Å². The minimum absolute atomic E-state index is 0.0132. The van der Waals surface area contributed by atoms with E-state index in [9.17, 15) is 0 Å². The highest BCUT2D eigenvalue weighted by molar-refractivity contribution is 5.48. The molecule has 0 unspecified atom stereocenters. The summed E-state index contributed by atoms with van der Waals surface area (Å²) in [4.78, 5) is 0. The van der Waals surface area contributed by atoms with Crippen LogP contribution in [0.2, 0.25) is 0 Å². The van der Waals surface area contributed by atoms with Gasteiger partial charge >= 0.3 is 0 Å². The molecule has 2 rings (SSSR count). The first-order valence-electron chi connectivity index (χ1n) is 11.3. The molecule has 166 valence electrons. The van der Waals surface area contributed by atoms with Crippen molar-refractivity contribution >= 4 is 0 Å². The van der Waals surface area contributed by atoms with E-state index in [2.05, 4.69) is 119 Å². The van der Waals surface area contributed by atoms with Crippen LogP contribution in [0.5, 0.6) is 5.75 Å². The fraction of sp³-hybridized carbons (Fsp3) is 0.586. The molecule has 0 heterocycles. The van der Waals surface area contributed by atoms with E-state index >= 15 is 0 Å². The Morgan fingerprint density at radius 3 is 1.40 bits per heavy atom. The van der Waals surface area contributed by atoms with Crippen molar-refractivity contribution in [2.24, 2.45) is 0 Å². The largest absolute Gasteiger partial charge is 0.489 e. The van der Waals surface area contributed by atoms with E-state index in [0.29, 0.717) is 6.61 Å². The standard InChI is InChI=1S/C29H44O/c1-26(2,3)21-16-13-15-20(24(21)28(7,8)9)19-30-23-18-14-17-22(27(4,5)6)25(23)29(10,11)12/h13-18H,19H2,1-12H3. The maximum absolute atomic E-state index is 6.59. The summed E-state index contributed by atoms with van der Waals surface area (Å²) in [5, 5.41) is 0. The molecule has 0 radical (unpaired) electrons. The molecular formula is C29H44O. The van der Waals surface area contributed by atoms with Gasteiger partial charge in [-0.05, 0) is 50.0 Å². The summed E-state index contributed by atoms with van der Waals surface area (Å²) in [5.74, 6) is 1.01. The summed E-state index contributed by atoms with van der Waals surface area (Å²) in [7, 11) is 0. The van der Waals surface area contributed by atoms with E-state index in [4.69, 9.17) is 4.74 Å². The molecule has 0 aromatic heterocycles. The van der Waals surface area contributed by atoms with Crippen LogP contribution in [0.4, 0.5) is 0 Å². The van der Waals surface area contributed by atoms with Crippen molar-refractivity contribution in [1.82, 2.24) is 0 Å². The average molecular weight is 409 g/mol. The van der Waals surface area contributed by atoms with Gasteiger partial charge in [-0.15, -0.1) is 0 Å². The van der Waals surface area contributed by atoms with Gasteiger partial charge in [-0.25, -0.2) is 0 Å². The first-order valence-corrected chi connectivity index (χ1v) is 11.3. The van der Waals surface area contributed by atoms with Crippen LogP contribution in [-0.4, -0.2) is 0 Å². The molecule has 2 aromatic rings. The van der Waals surface area contributed by atoms with Gasteiger partial charge in [-0.2, -0.15) is 0 Å². The predicted octanol–water partition coefficient (Wildman–Crippen LogP) is 8.46. The van der Waals surface area contributed by atoms with Crippen LogP contribution in [0.3, 0.4) is 0 Å². The Kier molecular flexibility index (Phi) is 6.58. The summed E-state index contributed by atoms with van der Waals surface area (Å²) < 4.78 is 6.59. The van der Waals surface area contributed by atoms with Crippen molar-refractivity contribution in [2.45, 2.75) is 111 Å². The molecular weight excluding hydrogens is 364 g/mol. The second-order valence-corrected chi connectivity index (χ2v) is 12.8. The fourth-order valence-electron chi connectivity index (χ4n) is 4.44. The lowest BCUT2D eigenvalue weighted by Crippen LogP contribution is -2.25. The van der Waals surface area contributed by atoms with Crippen molar-refractivity contribution in [3.05, 3.63) is 64.2 Å². The smallest absolute Gasteiger partial charge is 0.123 e. The summed E-state index contributed by atoms with van der Waals surface area (Å²) in [6.45, 7) is 28.1. The molecule has 0 aliphatic heterocycles. The lowest BCUT2D eigenvalue weighted by atomic mass is 9.73. The maximum Gasteiger partial charge on any atom is 0.123 e. The first kappa shape index (κ1) is 24.5. The minimum atomic E-state index is 0.0132. The molecule has 1 nitrogen and oxygen atoms in total. The van der Waals surface area contributed by atoms with Gasteiger partial charge in [0.2, 0.25) is 0 Å². The summed E-state index contributed by atoms with van der Waals surface area (Å²) in [5.41, 5.74) is 7.05. The van der Waals surface area contributed by atoms with Gasteiger partial charge in [0.15, 0.2) is 0 Å². The number of benzene rings is 2. The monoisotopic (exact) mass is 408 g/mol. The second kappa shape index (κ2) is 8.06. The normalized spacial score (nSPS) is 13.5. The topological polar surface area (TPSA) is 9.23 Å². The molecule has 30 heavy (non-hydrogen) atoms. The maximum atomic E-state index is 6.59. The molecule has 0 bridgehead atoms. The average Bonchev–Trinajstić information content (AvgIpc) is 2.56. The Morgan fingerprint density at radius 2 is 0.967 bits per heavy atom. The van der Waals surface area contributed by atoms with Crippen LogP contribution in [0.1, 0.15) is 111 Å². The zero-order chi connectivity index (χ0) is 23.1. The van der Waals surface area contributed by atoms with Crippen molar-refractivity contribution in [2.75, 3.05) is 0 Å². The molecule has 0 N–H and O–H groups in total. The van der Waals surface area contributed by atoms with Gasteiger partial charge in [0.05, 0.1) is 0 Å². The molecule has 0 atom stereocenters. The summed E-state index contributed by atoms with van der Waals surface area (Å²) in [6.07, 6.45) is 0.